The Labute approximate surface area is 106 Å². The zero-order valence-electron chi connectivity index (χ0n) is 10.2. The maximum absolute atomic E-state index is 11.6. The molecule has 94 valence electrons. The molecular formula is C13H16N4O. The van der Waals surface area contributed by atoms with Crippen LogP contribution in [0.5, 0.6) is 0 Å². The van der Waals surface area contributed by atoms with Crippen LogP contribution in [-0.4, -0.2) is 16.2 Å². The van der Waals surface area contributed by atoms with Gasteiger partial charge in [0.1, 0.15) is 0 Å². The summed E-state index contributed by atoms with van der Waals surface area (Å²) >= 11 is 0. The van der Waals surface area contributed by atoms with Crippen molar-refractivity contribution in [1.82, 2.24) is 15.5 Å². The number of aromatic amines is 1. The van der Waals surface area contributed by atoms with Gasteiger partial charge in [0, 0.05) is 24.0 Å². The molecular weight excluding hydrogens is 228 g/mol. The zero-order valence-corrected chi connectivity index (χ0v) is 10.2. The third-order valence-electron chi connectivity index (χ3n) is 2.63. The lowest BCUT2D eigenvalue weighted by Gasteiger charge is -2.07. The molecule has 2 aromatic rings. The van der Waals surface area contributed by atoms with Gasteiger partial charge in [0.15, 0.2) is 0 Å². The first-order chi connectivity index (χ1) is 8.78. The highest BCUT2D eigenvalue weighted by atomic mass is 16.2. The summed E-state index contributed by atoms with van der Waals surface area (Å²) in [6.07, 6.45) is 4.42. The number of anilines is 1. The largest absolute Gasteiger partial charge is 0.334 e. The lowest BCUT2D eigenvalue weighted by Crippen LogP contribution is -2.27. The number of hydrogen-bond donors (Lipinski definition) is 3. The Morgan fingerprint density at radius 1 is 1.28 bits per heavy atom. The van der Waals surface area contributed by atoms with Crippen molar-refractivity contribution in [3.63, 3.8) is 0 Å². The van der Waals surface area contributed by atoms with Gasteiger partial charge in [-0.25, -0.2) is 4.79 Å². The summed E-state index contributed by atoms with van der Waals surface area (Å²) in [5, 5.41) is 12.0. The molecule has 3 N–H and O–H groups in total. The molecule has 2 rings (SSSR count). The van der Waals surface area contributed by atoms with Gasteiger partial charge in [0.05, 0.1) is 6.20 Å². The van der Waals surface area contributed by atoms with E-state index in [1.165, 1.54) is 5.56 Å². The number of carbonyl (C=O) groups excluding carboxylic acids is 1. The summed E-state index contributed by atoms with van der Waals surface area (Å²) in [4.78, 5) is 11.6. The van der Waals surface area contributed by atoms with Gasteiger partial charge in [-0.05, 0) is 24.1 Å². The molecule has 0 fully saturated rings. The molecule has 2 amide bonds. The number of hydrogen-bond acceptors (Lipinski definition) is 2. The maximum Gasteiger partial charge on any atom is 0.319 e. The Balaban J connectivity index is 1.83. The molecule has 18 heavy (non-hydrogen) atoms. The molecule has 1 aromatic heterocycles. The normalized spacial score (nSPS) is 10.1. The van der Waals surface area contributed by atoms with E-state index < -0.39 is 0 Å². The Bertz CT molecular complexity index is 490. The number of nitrogens with zero attached hydrogens (tertiary/aromatic N) is 1. The Kier molecular flexibility index (Phi) is 3.96. The van der Waals surface area contributed by atoms with Gasteiger partial charge in [0.25, 0.3) is 0 Å². The van der Waals surface area contributed by atoms with Crippen molar-refractivity contribution in [2.45, 2.75) is 19.9 Å². The van der Waals surface area contributed by atoms with E-state index >= 15 is 0 Å². The molecule has 0 aliphatic carbocycles. The van der Waals surface area contributed by atoms with E-state index in [9.17, 15) is 4.79 Å². The van der Waals surface area contributed by atoms with Gasteiger partial charge in [-0.2, -0.15) is 5.10 Å². The SMILES string of the molecule is CCc1ccc(NC(=O)NCc2cn[nH]c2)cc1. The van der Waals surface area contributed by atoms with E-state index in [1.807, 2.05) is 24.3 Å². The zero-order chi connectivity index (χ0) is 12.8. The fourth-order valence-corrected chi connectivity index (χ4v) is 1.56. The molecule has 0 unspecified atom stereocenters. The van der Waals surface area contributed by atoms with E-state index in [2.05, 4.69) is 27.8 Å². The van der Waals surface area contributed by atoms with Gasteiger partial charge >= 0.3 is 6.03 Å². The second-order valence-corrected chi connectivity index (χ2v) is 3.96. The summed E-state index contributed by atoms with van der Waals surface area (Å²) in [7, 11) is 0. The first-order valence-corrected chi connectivity index (χ1v) is 5.89. The van der Waals surface area contributed by atoms with Gasteiger partial charge < -0.3 is 10.6 Å². The van der Waals surface area contributed by atoms with Crippen LogP contribution < -0.4 is 10.6 Å². The molecule has 0 aliphatic rings. The molecule has 0 atom stereocenters. The smallest absolute Gasteiger partial charge is 0.319 e. The fraction of sp³-hybridized carbons (Fsp3) is 0.231. The maximum atomic E-state index is 11.6. The second-order valence-electron chi connectivity index (χ2n) is 3.96. The van der Waals surface area contributed by atoms with Crippen molar-refractivity contribution >= 4 is 11.7 Å². The standard InChI is InChI=1S/C13H16N4O/c1-2-10-3-5-12(6-4-10)17-13(18)14-7-11-8-15-16-9-11/h3-6,8-9H,2,7H2,1H3,(H,15,16)(H2,14,17,18). The second kappa shape index (κ2) is 5.86. The highest BCUT2D eigenvalue weighted by molar-refractivity contribution is 5.89. The number of carbonyl (C=O) groups is 1. The lowest BCUT2D eigenvalue weighted by atomic mass is 10.1. The van der Waals surface area contributed by atoms with Crippen molar-refractivity contribution in [3.05, 3.63) is 47.8 Å². The average Bonchev–Trinajstić information content (AvgIpc) is 2.90. The summed E-state index contributed by atoms with van der Waals surface area (Å²) in [6.45, 7) is 2.55. The highest BCUT2D eigenvalue weighted by Crippen LogP contribution is 2.09. The Morgan fingerprint density at radius 3 is 2.67 bits per heavy atom. The minimum Gasteiger partial charge on any atom is -0.334 e. The topological polar surface area (TPSA) is 69.8 Å². The monoisotopic (exact) mass is 244 g/mol. The van der Waals surface area contributed by atoms with E-state index in [0.717, 1.165) is 17.7 Å². The van der Waals surface area contributed by atoms with Gasteiger partial charge in [0.2, 0.25) is 0 Å². The highest BCUT2D eigenvalue weighted by Gasteiger charge is 2.01. The van der Waals surface area contributed by atoms with Crippen LogP contribution in [0.25, 0.3) is 0 Å². The average molecular weight is 244 g/mol. The van der Waals surface area contributed by atoms with Gasteiger partial charge in [-0.1, -0.05) is 19.1 Å². The van der Waals surface area contributed by atoms with E-state index in [0.29, 0.717) is 6.54 Å². The van der Waals surface area contributed by atoms with E-state index in [1.54, 1.807) is 12.4 Å². The first kappa shape index (κ1) is 12.2. The number of rotatable bonds is 4. The van der Waals surface area contributed by atoms with Crippen LogP contribution in [-0.2, 0) is 13.0 Å². The molecule has 0 bridgehead atoms. The first-order valence-electron chi connectivity index (χ1n) is 5.89. The van der Waals surface area contributed by atoms with E-state index in [-0.39, 0.29) is 6.03 Å². The van der Waals surface area contributed by atoms with Crippen molar-refractivity contribution in [3.8, 4) is 0 Å². The third-order valence-corrected chi connectivity index (χ3v) is 2.63. The summed E-state index contributed by atoms with van der Waals surface area (Å²) in [6, 6.07) is 7.59. The molecule has 0 spiro atoms. The molecule has 5 heteroatoms. The van der Waals surface area contributed by atoms with Crippen LogP contribution in [0, 0.1) is 0 Å². The van der Waals surface area contributed by atoms with Gasteiger partial charge in [-0.3, -0.25) is 5.10 Å². The number of H-pyrrole nitrogens is 1. The third kappa shape index (κ3) is 3.35. The molecule has 0 saturated carbocycles. The Hall–Kier alpha value is -2.30. The molecule has 0 aliphatic heterocycles. The van der Waals surface area contributed by atoms with Gasteiger partial charge in [-0.15, -0.1) is 0 Å². The minimum absolute atomic E-state index is 0.222. The molecule has 1 aromatic carbocycles. The number of aryl methyl sites for hydroxylation is 1. The number of aromatic nitrogens is 2. The van der Waals surface area contributed by atoms with Crippen LogP contribution in [0.2, 0.25) is 0 Å². The van der Waals surface area contributed by atoms with Crippen molar-refractivity contribution in [1.29, 1.82) is 0 Å². The summed E-state index contributed by atoms with van der Waals surface area (Å²) < 4.78 is 0. The van der Waals surface area contributed by atoms with Crippen LogP contribution >= 0.6 is 0 Å². The molecule has 0 saturated heterocycles. The number of benzene rings is 1. The van der Waals surface area contributed by atoms with Crippen LogP contribution in [0.15, 0.2) is 36.7 Å². The molecule has 1 heterocycles. The van der Waals surface area contributed by atoms with Crippen LogP contribution in [0.4, 0.5) is 10.5 Å². The number of nitrogens with one attached hydrogen (secondary N) is 3. The quantitative estimate of drug-likeness (QED) is 0.772. The molecule has 0 radical (unpaired) electrons. The predicted molar refractivity (Wildman–Crippen MR) is 70.3 cm³/mol. The van der Waals surface area contributed by atoms with Crippen molar-refractivity contribution in [2.24, 2.45) is 0 Å². The Morgan fingerprint density at radius 2 is 2.06 bits per heavy atom. The summed E-state index contributed by atoms with van der Waals surface area (Å²) in [5.41, 5.74) is 2.97. The van der Waals surface area contributed by atoms with Crippen LogP contribution in [0.3, 0.4) is 0 Å². The number of amides is 2. The minimum atomic E-state index is -0.222. The predicted octanol–water partition coefficient (Wildman–Crippen LogP) is 2.29. The van der Waals surface area contributed by atoms with E-state index in [4.69, 9.17) is 0 Å². The number of urea groups is 1. The summed E-state index contributed by atoms with van der Waals surface area (Å²) in [5.74, 6) is 0. The molecule has 5 nitrogen and oxygen atoms in total. The van der Waals surface area contributed by atoms with Crippen LogP contribution in [0.1, 0.15) is 18.1 Å². The fourth-order valence-electron chi connectivity index (χ4n) is 1.56. The van der Waals surface area contributed by atoms with Crippen molar-refractivity contribution < 1.29 is 4.79 Å². The lowest BCUT2D eigenvalue weighted by molar-refractivity contribution is 0.251. The van der Waals surface area contributed by atoms with Crippen molar-refractivity contribution in [2.75, 3.05) is 5.32 Å².